The molecule has 4 fully saturated rings. The zero-order chi connectivity index (χ0) is 18.4. The summed E-state index contributed by atoms with van der Waals surface area (Å²) in [7, 11) is 0. The highest BCUT2D eigenvalue weighted by atomic mass is 16.3. The first-order chi connectivity index (χ1) is 13.2. The predicted molar refractivity (Wildman–Crippen MR) is 105 cm³/mol. The zero-order valence-electron chi connectivity index (χ0n) is 15.7. The van der Waals surface area contributed by atoms with Gasteiger partial charge in [-0.1, -0.05) is 24.6 Å². The number of hydrogen-bond acceptors (Lipinski definition) is 4. The number of benzene rings is 1. The van der Waals surface area contributed by atoms with Gasteiger partial charge < -0.3 is 14.9 Å². The van der Waals surface area contributed by atoms with E-state index >= 15 is 0 Å². The Kier molecular flexibility index (Phi) is 4.27. The molecule has 27 heavy (non-hydrogen) atoms. The van der Waals surface area contributed by atoms with E-state index < -0.39 is 0 Å². The lowest BCUT2D eigenvalue weighted by Crippen LogP contribution is -2.50. The molecule has 1 N–H and O–H groups in total. The third-order valence-corrected chi connectivity index (χ3v) is 6.72. The number of aliphatic hydroxyl groups is 1. The smallest absolute Gasteiger partial charge is 0.227 e. The zero-order valence-corrected chi connectivity index (χ0v) is 15.7. The van der Waals surface area contributed by atoms with Crippen molar-refractivity contribution in [2.75, 3.05) is 24.5 Å². The fourth-order valence-electron chi connectivity index (χ4n) is 4.95. The van der Waals surface area contributed by atoms with Gasteiger partial charge in [0, 0.05) is 36.6 Å². The van der Waals surface area contributed by atoms with Gasteiger partial charge in [0.2, 0.25) is 5.91 Å². The minimum absolute atomic E-state index is 0.0290. The lowest BCUT2D eigenvalue weighted by molar-refractivity contribution is -0.141. The van der Waals surface area contributed by atoms with E-state index in [4.69, 9.17) is 4.98 Å². The van der Waals surface area contributed by atoms with Crippen molar-refractivity contribution in [2.45, 2.75) is 44.8 Å². The molecule has 5 nitrogen and oxygen atoms in total. The van der Waals surface area contributed by atoms with Crippen LogP contribution < -0.4 is 4.90 Å². The van der Waals surface area contributed by atoms with Gasteiger partial charge in [0.1, 0.15) is 5.82 Å². The average Bonchev–Trinajstić information content (AvgIpc) is 2.95. The van der Waals surface area contributed by atoms with E-state index in [1.165, 1.54) is 19.3 Å². The molecule has 1 aromatic heterocycles. The highest BCUT2D eigenvalue weighted by Gasteiger charge is 2.42. The van der Waals surface area contributed by atoms with Crippen molar-refractivity contribution in [1.29, 1.82) is 0 Å². The highest BCUT2D eigenvalue weighted by molar-refractivity contribution is 5.83. The summed E-state index contributed by atoms with van der Waals surface area (Å²) in [6.45, 7) is 2.45. The van der Waals surface area contributed by atoms with Crippen LogP contribution in [-0.4, -0.2) is 46.6 Å². The van der Waals surface area contributed by atoms with Crippen molar-refractivity contribution in [3.8, 4) is 0 Å². The second kappa shape index (κ2) is 6.79. The van der Waals surface area contributed by atoms with Crippen molar-refractivity contribution in [2.24, 2.45) is 11.8 Å². The molecule has 1 aliphatic carbocycles. The van der Waals surface area contributed by atoms with Gasteiger partial charge in [0.25, 0.3) is 0 Å². The van der Waals surface area contributed by atoms with Crippen LogP contribution in [0.2, 0.25) is 0 Å². The van der Waals surface area contributed by atoms with Gasteiger partial charge in [-0.3, -0.25) is 4.79 Å². The number of rotatable bonds is 4. The summed E-state index contributed by atoms with van der Waals surface area (Å²) in [6.07, 6.45) is 5.91. The second-order valence-electron chi connectivity index (χ2n) is 8.44. The maximum absolute atomic E-state index is 13.1. The average molecular weight is 365 g/mol. The maximum atomic E-state index is 13.1. The number of hydrogen-bond donors (Lipinski definition) is 1. The molecule has 6 rings (SSSR count). The molecule has 1 amide bonds. The van der Waals surface area contributed by atoms with Crippen LogP contribution in [0.5, 0.6) is 0 Å². The third-order valence-electron chi connectivity index (χ3n) is 6.72. The molecule has 1 saturated carbocycles. The Morgan fingerprint density at radius 3 is 2.74 bits per heavy atom. The molecule has 3 saturated heterocycles. The largest absolute Gasteiger partial charge is 0.392 e. The van der Waals surface area contributed by atoms with Gasteiger partial charge in [0.05, 0.1) is 18.0 Å². The molecule has 0 unspecified atom stereocenters. The van der Waals surface area contributed by atoms with Crippen LogP contribution >= 0.6 is 0 Å². The van der Waals surface area contributed by atoms with Gasteiger partial charge >= 0.3 is 0 Å². The second-order valence-corrected chi connectivity index (χ2v) is 8.44. The molecule has 2 aromatic rings. The van der Waals surface area contributed by atoms with Crippen LogP contribution in [0.15, 0.2) is 30.3 Å². The number of pyridine rings is 1. The highest BCUT2D eigenvalue weighted by Crippen LogP contribution is 2.36. The number of nitrogens with zero attached hydrogens (tertiary/aromatic N) is 3. The normalized spacial score (nSPS) is 25.7. The Balaban J connectivity index is 1.47. The summed E-state index contributed by atoms with van der Waals surface area (Å²) in [6, 6.07) is 10.3. The van der Waals surface area contributed by atoms with Crippen molar-refractivity contribution in [3.05, 3.63) is 35.9 Å². The molecule has 4 heterocycles. The number of fused-ring (bicyclic) bond motifs is 5. The number of anilines is 1. The van der Waals surface area contributed by atoms with E-state index in [1.807, 2.05) is 30.3 Å². The van der Waals surface area contributed by atoms with E-state index in [0.717, 1.165) is 54.8 Å². The molecule has 2 atom stereocenters. The molecule has 3 aliphatic heterocycles. The molecule has 4 aliphatic rings. The van der Waals surface area contributed by atoms with Gasteiger partial charge in [-0.25, -0.2) is 4.98 Å². The number of carbonyl (C=O) groups excluding carboxylic acids is 1. The van der Waals surface area contributed by atoms with Gasteiger partial charge in [-0.15, -0.1) is 0 Å². The van der Waals surface area contributed by atoms with Gasteiger partial charge in [-0.05, 0) is 43.7 Å². The van der Waals surface area contributed by atoms with E-state index in [2.05, 4.69) is 9.80 Å². The lowest BCUT2D eigenvalue weighted by atomic mass is 9.83. The molecular formula is C22H27N3O2. The van der Waals surface area contributed by atoms with Gasteiger partial charge in [-0.2, -0.15) is 0 Å². The third kappa shape index (κ3) is 2.98. The van der Waals surface area contributed by atoms with Crippen LogP contribution in [0.1, 0.15) is 37.7 Å². The number of carbonyl (C=O) groups is 1. The molecule has 142 valence electrons. The van der Waals surface area contributed by atoms with Crippen LogP contribution in [0.3, 0.4) is 0 Å². The first-order valence-corrected chi connectivity index (χ1v) is 10.3. The molecule has 2 bridgehead atoms. The summed E-state index contributed by atoms with van der Waals surface area (Å²) < 4.78 is 0. The Morgan fingerprint density at radius 2 is 1.96 bits per heavy atom. The van der Waals surface area contributed by atoms with Crippen molar-refractivity contribution in [3.63, 3.8) is 0 Å². The molecule has 0 spiro atoms. The summed E-state index contributed by atoms with van der Waals surface area (Å²) in [4.78, 5) is 22.4. The minimum atomic E-state index is -0.0290. The monoisotopic (exact) mass is 365 g/mol. The van der Waals surface area contributed by atoms with Crippen molar-refractivity contribution < 1.29 is 9.90 Å². The topological polar surface area (TPSA) is 56.7 Å². The first kappa shape index (κ1) is 17.0. The van der Waals surface area contributed by atoms with E-state index in [1.54, 1.807) is 0 Å². The quantitative estimate of drug-likeness (QED) is 0.905. The number of amides is 1. The summed E-state index contributed by atoms with van der Waals surface area (Å²) >= 11 is 0. The van der Waals surface area contributed by atoms with Crippen LogP contribution in [0, 0.1) is 11.8 Å². The van der Waals surface area contributed by atoms with Crippen molar-refractivity contribution >= 4 is 22.6 Å². The lowest BCUT2D eigenvalue weighted by Gasteiger charge is -2.40. The fourth-order valence-corrected chi connectivity index (χ4v) is 4.95. The predicted octanol–water partition coefficient (Wildman–Crippen LogP) is 2.95. The van der Waals surface area contributed by atoms with E-state index in [-0.39, 0.29) is 18.6 Å². The van der Waals surface area contributed by atoms with Crippen LogP contribution in [-0.2, 0) is 11.4 Å². The first-order valence-electron chi connectivity index (χ1n) is 10.3. The Bertz CT molecular complexity index is 864. The molecular weight excluding hydrogens is 338 g/mol. The number of aromatic nitrogens is 1. The summed E-state index contributed by atoms with van der Waals surface area (Å²) in [5, 5.41) is 11.0. The Hall–Kier alpha value is -2.14. The van der Waals surface area contributed by atoms with E-state index in [9.17, 15) is 9.90 Å². The maximum Gasteiger partial charge on any atom is 0.227 e. The summed E-state index contributed by atoms with van der Waals surface area (Å²) in [5.74, 6) is 1.95. The van der Waals surface area contributed by atoms with Gasteiger partial charge in [0.15, 0.2) is 0 Å². The van der Waals surface area contributed by atoms with Crippen molar-refractivity contribution in [1.82, 2.24) is 9.88 Å². The summed E-state index contributed by atoms with van der Waals surface area (Å²) in [5.41, 5.74) is 1.80. The fraction of sp³-hybridized carbons (Fsp3) is 0.545. The van der Waals surface area contributed by atoms with Crippen LogP contribution in [0.25, 0.3) is 10.9 Å². The van der Waals surface area contributed by atoms with E-state index in [0.29, 0.717) is 11.8 Å². The SMILES string of the molecule is O=C1[C@H]2CC[C@H](CN(c3nc4ccccc4cc3CO)C2)N1CC1CCC1. The minimum Gasteiger partial charge on any atom is -0.392 e. The number of para-hydroxylation sites is 1. The molecule has 1 aromatic carbocycles. The Morgan fingerprint density at radius 1 is 1.11 bits per heavy atom. The molecule has 5 heteroatoms. The Labute approximate surface area is 160 Å². The molecule has 0 radical (unpaired) electrons. The standard InChI is InChI=1S/C22H27N3O2/c26-14-18-10-16-6-1-2-7-20(16)23-21(18)24-12-17-8-9-19(13-24)25(22(17)27)11-15-4-3-5-15/h1-2,6-7,10,15,17,19,26H,3-5,8-9,11-14H2/t17-,19+/m0/s1. The number of aliphatic hydroxyl groups excluding tert-OH is 1. The van der Waals surface area contributed by atoms with Crippen LogP contribution in [0.4, 0.5) is 5.82 Å². The number of piperidine rings is 1.